The highest BCUT2D eigenvalue weighted by atomic mass is 79.9. The Kier molecular flexibility index (Phi) is 6.13. The van der Waals surface area contributed by atoms with Crippen LogP contribution >= 0.6 is 39.0 Å². The van der Waals surface area contributed by atoms with E-state index in [-0.39, 0.29) is 17.3 Å². The Hall–Kier alpha value is -1.91. The Labute approximate surface area is 147 Å². The SMILES string of the molecule is O=C(CSc1ccc([N+](=O)[O-])cc1)NNC(=O)c1ccc(Br)s1. The monoisotopic (exact) mass is 415 g/mol. The van der Waals surface area contributed by atoms with Gasteiger partial charge in [-0.1, -0.05) is 0 Å². The summed E-state index contributed by atoms with van der Waals surface area (Å²) in [6.07, 6.45) is 0. The summed E-state index contributed by atoms with van der Waals surface area (Å²) in [5, 5.41) is 10.5. The Morgan fingerprint density at radius 1 is 1.17 bits per heavy atom. The van der Waals surface area contributed by atoms with E-state index in [2.05, 4.69) is 26.8 Å². The molecule has 0 atom stereocenters. The molecule has 1 aromatic heterocycles. The lowest BCUT2D eigenvalue weighted by Crippen LogP contribution is -2.42. The quantitative estimate of drug-likeness (QED) is 0.443. The second-order valence-corrected chi connectivity index (χ2v) is 7.66. The van der Waals surface area contributed by atoms with E-state index < -0.39 is 10.8 Å². The van der Waals surface area contributed by atoms with Crippen LogP contribution in [0, 0.1) is 10.1 Å². The minimum Gasteiger partial charge on any atom is -0.272 e. The molecule has 0 saturated heterocycles. The molecule has 1 heterocycles. The van der Waals surface area contributed by atoms with Gasteiger partial charge in [0.2, 0.25) is 5.91 Å². The van der Waals surface area contributed by atoms with Crippen LogP contribution in [0.5, 0.6) is 0 Å². The molecule has 2 N–H and O–H groups in total. The maximum absolute atomic E-state index is 11.7. The Bertz CT molecular complexity index is 733. The summed E-state index contributed by atoms with van der Waals surface area (Å²) in [4.78, 5) is 34.6. The van der Waals surface area contributed by atoms with Gasteiger partial charge in [-0.25, -0.2) is 0 Å². The maximum Gasteiger partial charge on any atom is 0.279 e. The third-order valence-corrected chi connectivity index (χ3v) is 5.16. The summed E-state index contributed by atoms with van der Waals surface area (Å²) in [6.45, 7) is 0. The Balaban J connectivity index is 1.76. The van der Waals surface area contributed by atoms with Crippen molar-refractivity contribution < 1.29 is 14.5 Å². The van der Waals surface area contributed by atoms with Crippen molar-refractivity contribution in [3.63, 3.8) is 0 Å². The molecule has 0 unspecified atom stereocenters. The first-order chi connectivity index (χ1) is 11.0. The number of non-ortho nitro benzene ring substituents is 1. The molecule has 0 fully saturated rings. The molecule has 0 aliphatic heterocycles. The van der Waals surface area contributed by atoms with Crippen LogP contribution in [0.25, 0.3) is 0 Å². The van der Waals surface area contributed by atoms with Crippen molar-refractivity contribution in [1.82, 2.24) is 10.9 Å². The predicted octanol–water partition coefficient (Wildman–Crippen LogP) is 2.97. The maximum atomic E-state index is 11.7. The summed E-state index contributed by atoms with van der Waals surface area (Å²) in [6, 6.07) is 9.26. The number of nitrogens with zero attached hydrogens (tertiary/aromatic N) is 1. The van der Waals surface area contributed by atoms with Gasteiger partial charge in [0, 0.05) is 17.0 Å². The normalized spacial score (nSPS) is 10.1. The third-order valence-electron chi connectivity index (χ3n) is 2.53. The van der Waals surface area contributed by atoms with Crippen molar-refractivity contribution in [3.8, 4) is 0 Å². The first-order valence-electron chi connectivity index (χ1n) is 6.17. The topological polar surface area (TPSA) is 101 Å². The molecule has 0 aliphatic rings. The Morgan fingerprint density at radius 3 is 2.43 bits per heavy atom. The van der Waals surface area contributed by atoms with Crippen LogP contribution < -0.4 is 10.9 Å². The zero-order chi connectivity index (χ0) is 16.8. The van der Waals surface area contributed by atoms with Crippen molar-refractivity contribution in [2.45, 2.75) is 4.90 Å². The van der Waals surface area contributed by atoms with Crippen molar-refractivity contribution in [2.24, 2.45) is 0 Å². The van der Waals surface area contributed by atoms with Crippen molar-refractivity contribution in [1.29, 1.82) is 0 Å². The average molecular weight is 416 g/mol. The van der Waals surface area contributed by atoms with Crippen LogP contribution in [0.4, 0.5) is 5.69 Å². The summed E-state index contributed by atoms with van der Waals surface area (Å²) < 4.78 is 0.822. The molecular formula is C13H10BrN3O4S2. The number of thioether (sulfide) groups is 1. The van der Waals surface area contributed by atoms with E-state index in [9.17, 15) is 19.7 Å². The summed E-state index contributed by atoms with van der Waals surface area (Å²) in [7, 11) is 0. The largest absolute Gasteiger partial charge is 0.279 e. The van der Waals surface area contributed by atoms with E-state index in [1.807, 2.05) is 0 Å². The number of benzene rings is 1. The van der Waals surface area contributed by atoms with E-state index in [4.69, 9.17) is 0 Å². The van der Waals surface area contributed by atoms with Gasteiger partial charge >= 0.3 is 0 Å². The number of hydrazine groups is 1. The van der Waals surface area contributed by atoms with Crippen LogP contribution in [0.2, 0.25) is 0 Å². The fraction of sp³-hybridized carbons (Fsp3) is 0.0769. The van der Waals surface area contributed by atoms with E-state index in [1.54, 1.807) is 24.3 Å². The molecule has 7 nitrogen and oxygen atoms in total. The van der Waals surface area contributed by atoms with Gasteiger partial charge in [0.05, 0.1) is 19.3 Å². The minimum atomic E-state index is -0.486. The molecule has 2 aromatic rings. The standard InChI is InChI=1S/C13H10BrN3O4S2/c14-11-6-5-10(23-11)13(19)16-15-12(18)7-22-9-3-1-8(2-4-9)17(20)21/h1-6H,7H2,(H,15,18)(H,16,19). The molecule has 2 amide bonds. The lowest BCUT2D eigenvalue weighted by atomic mass is 10.3. The van der Waals surface area contributed by atoms with Crippen LogP contribution in [0.15, 0.2) is 45.1 Å². The van der Waals surface area contributed by atoms with Gasteiger partial charge < -0.3 is 0 Å². The number of amides is 2. The van der Waals surface area contributed by atoms with Crippen LogP contribution in [0.1, 0.15) is 9.67 Å². The molecule has 2 rings (SSSR count). The number of carbonyl (C=O) groups excluding carboxylic acids is 2. The second kappa shape index (κ2) is 8.09. The van der Waals surface area contributed by atoms with Crippen molar-refractivity contribution in [2.75, 3.05) is 5.75 Å². The summed E-state index contributed by atoms with van der Waals surface area (Å²) in [5.74, 6) is -0.696. The number of nitro benzene ring substituents is 1. The number of hydrogen-bond donors (Lipinski definition) is 2. The van der Waals surface area contributed by atoms with Crippen LogP contribution in [-0.2, 0) is 4.79 Å². The molecule has 1 aromatic carbocycles. The van der Waals surface area contributed by atoms with E-state index in [0.717, 1.165) is 8.68 Å². The molecule has 0 aliphatic carbocycles. The number of nitro groups is 1. The molecule has 0 bridgehead atoms. The molecule has 0 spiro atoms. The van der Waals surface area contributed by atoms with Gasteiger partial charge in [0.15, 0.2) is 0 Å². The molecule has 23 heavy (non-hydrogen) atoms. The number of rotatable bonds is 5. The minimum absolute atomic E-state index is 0.00632. The average Bonchev–Trinajstić information content (AvgIpc) is 2.97. The number of nitrogens with one attached hydrogen (secondary N) is 2. The van der Waals surface area contributed by atoms with Gasteiger partial charge in [0.25, 0.3) is 11.6 Å². The fourth-order valence-corrected chi connectivity index (χ4v) is 3.45. The van der Waals surface area contributed by atoms with E-state index in [1.165, 1.54) is 35.2 Å². The fourth-order valence-electron chi connectivity index (χ4n) is 1.47. The summed E-state index contributed by atoms with van der Waals surface area (Å²) in [5.41, 5.74) is 4.63. The molecule has 0 radical (unpaired) electrons. The lowest BCUT2D eigenvalue weighted by molar-refractivity contribution is -0.384. The van der Waals surface area contributed by atoms with Gasteiger partial charge in [0.1, 0.15) is 0 Å². The number of carbonyl (C=O) groups is 2. The highest BCUT2D eigenvalue weighted by Gasteiger charge is 2.10. The van der Waals surface area contributed by atoms with Gasteiger partial charge in [-0.3, -0.25) is 30.6 Å². The number of hydrogen-bond acceptors (Lipinski definition) is 6. The van der Waals surface area contributed by atoms with Gasteiger partial charge in [-0.15, -0.1) is 23.1 Å². The lowest BCUT2D eigenvalue weighted by Gasteiger charge is -2.06. The van der Waals surface area contributed by atoms with Gasteiger partial charge in [-0.05, 0) is 40.2 Å². The Morgan fingerprint density at radius 2 is 1.87 bits per heavy atom. The van der Waals surface area contributed by atoms with E-state index in [0.29, 0.717) is 4.88 Å². The van der Waals surface area contributed by atoms with Crippen LogP contribution in [0.3, 0.4) is 0 Å². The molecular weight excluding hydrogens is 406 g/mol. The first kappa shape index (κ1) is 17.4. The highest BCUT2D eigenvalue weighted by Crippen LogP contribution is 2.22. The van der Waals surface area contributed by atoms with E-state index >= 15 is 0 Å². The summed E-state index contributed by atoms with van der Waals surface area (Å²) >= 11 is 5.72. The van der Waals surface area contributed by atoms with Crippen LogP contribution in [-0.4, -0.2) is 22.5 Å². The number of halogens is 1. The highest BCUT2D eigenvalue weighted by molar-refractivity contribution is 9.11. The zero-order valence-corrected chi connectivity index (χ0v) is 14.7. The molecule has 10 heteroatoms. The first-order valence-corrected chi connectivity index (χ1v) is 8.77. The van der Waals surface area contributed by atoms with Gasteiger partial charge in [-0.2, -0.15) is 0 Å². The third kappa shape index (κ3) is 5.34. The second-order valence-electron chi connectivity index (χ2n) is 4.15. The zero-order valence-electron chi connectivity index (χ0n) is 11.4. The predicted molar refractivity (Wildman–Crippen MR) is 91.4 cm³/mol. The van der Waals surface area contributed by atoms with Crippen molar-refractivity contribution in [3.05, 3.63) is 55.2 Å². The number of thiophene rings is 1. The smallest absolute Gasteiger partial charge is 0.272 e. The molecule has 0 saturated carbocycles. The molecule has 120 valence electrons. The van der Waals surface area contributed by atoms with Crippen molar-refractivity contribution >= 4 is 56.5 Å².